The Morgan fingerprint density at radius 2 is 2.00 bits per heavy atom. The van der Waals surface area contributed by atoms with Crippen molar-refractivity contribution in [2.75, 3.05) is 7.11 Å². The number of ether oxygens (including phenoxy) is 1. The Labute approximate surface area is 134 Å². The molecule has 1 aromatic heterocycles. The summed E-state index contributed by atoms with van der Waals surface area (Å²) in [5, 5.41) is 9.90. The summed E-state index contributed by atoms with van der Waals surface area (Å²) in [6.07, 6.45) is 0. The summed E-state index contributed by atoms with van der Waals surface area (Å²) in [4.78, 5) is 23.9. The quantitative estimate of drug-likeness (QED) is 0.747. The lowest BCUT2D eigenvalue weighted by Gasteiger charge is -2.16. The van der Waals surface area contributed by atoms with E-state index in [4.69, 9.17) is 16.3 Å². The van der Waals surface area contributed by atoms with Crippen molar-refractivity contribution in [3.8, 4) is 5.75 Å². The monoisotopic (exact) mass is 335 g/mol. The molecule has 0 atom stereocenters. The van der Waals surface area contributed by atoms with E-state index in [1.165, 1.54) is 29.9 Å². The molecule has 0 aliphatic heterocycles. The normalized spacial score (nSPS) is 11.1. The zero-order valence-electron chi connectivity index (χ0n) is 12.0. The van der Waals surface area contributed by atoms with Crippen LogP contribution >= 0.6 is 11.6 Å². The minimum absolute atomic E-state index is 0.172. The summed E-state index contributed by atoms with van der Waals surface area (Å²) in [5.41, 5.74) is 0.0579. The molecule has 3 aromatic rings. The van der Waals surface area contributed by atoms with Crippen molar-refractivity contribution in [1.29, 1.82) is 0 Å². The Kier molecular flexibility index (Phi) is 3.69. The SMILES string of the molecule is COc1c(Cl)ccc2c(=O)c3ccc(F)cc3n(CC(=O)O)c12. The summed E-state index contributed by atoms with van der Waals surface area (Å²) < 4.78 is 20.2. The summed E-state index contributed by atoms with van der Waals surface area (Å²) >= 11 is 6.08. The van der Waals surface area contributed by atoms with E-state index in [0.717, 1.165) is 12.1 Å². The molecule has 2 aromatic carbocycles. The van der Waals surface area contributed by atoms with Crippen molar-refractivity contribution in [3.05, 3.63) is 51.4 Å². The topological polar surface area (TPSA) is 68.5 Å². The highest BCUT2D eigenvalue weighted by Crippen LogP contribution is 2.34. The molecule has 0 radical (unpaired) electrons. The minimum atomic E-state index is -1.14. The van der Waals surface area contributed by atoms with Gasteiger partial charge in [0.15, 0.2) is 11.2 Å². The third-order valence-electron chi connectivity index (χ3n) is 3.59. The van der Waals surface area contributed by atoms with Crippen LogP contribution in [0.25, 0.3) is 21.8 Å². The fraction of sp³-hybridized carbons (Fsp3) is 0.125. The third kappa shape index (κ3) is 2.41. The van der Waals surface area contributed by atoms with Crippen molar-refractivity contribution in [2.45, 2.75) is 6.54 Å². The highest BCUT2D eigenvalue weighted by atomic mass is 35.5. The van der Waals surface area contributed by atoms with E-state index in [0.29, 0.717) is 0 Å². The molecule has 1 heterocycles. The van der Waals surface area contributed by atoms with Crippen molar-refractivity contribution in [3.63, 3.8) is 0 Å². The Hall–Kier alpha value is -2.60. The fourth-order valence-electron chi connectivity index (χ4n) is 2.68. The molecule has 1 N–H and O–H groups in total. The number of fused-ring (bicyclic) bond motifs is 2. The number of carboxylic acid groups (broad SMARTS) is 1. The summed E-state index contributed by atoms with van der Waals surface area (Å²) in [6.45, 7) is -0.465. The second-order valence-electron chi connectivity index (χ2n) is 4.95. The van der Waals surface area contributed by atoms with Crippen LogP contribution in [0.1, 0.15) is 0 Å². The number of aliphatic carboxylic acids is 1. The van der Waals surface area contributed by atoms with Crippen molar-refractivity contribution < 1.29 is 19.0 Å². The highest BCUT2D eigenvalue weighted by molar-refractivity contribution is 6.33. The van der Waals surface area contributed by atoms with E-state index < -0.39 is 18.3 Å². The van der Waals surface area contributed by atoms with E-state index in [1.807, 2.05) is 0 Å². The number of hydrogen-bond donors (Lipinski definition) is 1. The van der Waals surface area contributed by atoms with E-state index in [-0.39, 0.29) is 38.0 Å². The van der Waals surface area contributed by atoms with Crippen LogP contribution in [0.2, 0.25) is 5.02 Å². The molecule has 5 nitrogen and oxygen atoms in total. The van der Waals surface area contributed by atoms with Crippen LogP contribution in [0, 0.1) is 5.82 Å². The maximum Gasteiger partial charge on any atom is 0.323 e. The van der Waals surface area contributed by atoms with Gasteiger partial charge in [-0.1, -0.05) is 11.6 Å². The van der Waals surface area contributed by atoms with Gasteiger partial charge in [-0.2, -0.15) is 0 Å². The maximum absolute atomic E-state index is 13.6. The molecule has 0 spiro atoms. The molecule has 0 aliphatic carbocycles. The molecule has 0 amide bonds. The molecule has 3 rings (SSSR count). The van der Waals surface area contributed by atoms with Crippen LogP contribution < -0.4 is 10.2 Å². The summed E-state index contributed by atoms with van der Waals surface area (Å²) in [5.74, 6) is -1.53. The smallest absolute Gasteiger partial charge is 0.323 e. The van der Waals surface area contributed by atoms with Crippen LogP contribution in [0.4, 0.5) is 4.39 Å². The average molecular weight is 336 g/mol. The van der Waals surface area contributed by atoms with Gasteiger partial charge in [-0.25, -0.2) is 4.39 Å². The van der Waals surface area contributed by atoms with Crippen LogP contribution in [-0.4, -0.2) is 22.8 Å². The van der Waals surface area contributed by atoms with Crippen molar-refractivity contribution in [2.24, 2.45) is 0 Å². The number of benzene rings is 2. The molecule has 23 heavy (non-hydrogen) atoms. The van der Waals surface area contributed by atoms with Gasteiger partial charge in [0, 0.05) is 5.39 Å². The lowest BCUT2D eigenvalue weighted by atomic mass is 10.1. The van der Waals surface area contributed by atoms with Crippen LogP contribution in [0.5, 0.6) is 5.75 Å². The van der Waals surface area contributed by atoms with Gasteiger partial charge in [0.2, 0.25) is 0 Å². The van der Waals surface area contributed by atoms with Gasteiger partial charge in [0.05, 0.1) is 28.6 Å². The van der Waals surface area contributed by atoms with E-state index in [1.54, 1.807) is 0 Å². The number of methoxy groups -OCH3 is 1. The van der Waals surface area contributed by atoms with Crippen LogP contribution in [-0.2, 0) is 11.3 Å². The predicted octanol–water partition coefficient (Wildman–Crippen LogP) is 3.04. The lowest BCUT2D eigenvalue weighted by Crippen LogP contribution is -2.17. The molecule has 0 saturated carbocycles. The largest absolute Gasteiger partial charge is 0.493 e. The first-order valence-electron chi connectivity index (χ1n) is 6.64. The molecule has 0 aliphatic rings. The molecular formula is C16H11ClFNO4. The van der Waals surface area contributed by atoms with Gasteiger partial charge < -0.3 is 14.4 Å². The Morgan fingerprint density at radius 1 is 1.30 bits per heavy atom. The number of halogens is 2. The number of hydrogen-bond acceptors (Lipinski definition) is 3. The van der Waals surface area contributed by atoms with E-state index in [2.05, 4.69) is 0 Å². The molecule has 0 unspecified atom stereocenters. The van der Waals surface area contributed by atoms with E-state index >= 15 is 0 Å². The van der Waals surface area contributed by atoms with Crippen molar-refractivity contribution >= 4 is 39.4 Å². The first-order valence-corrected chi connectivity index (χ1v) is 7.02. The van der Waals surface area contributed by atoms with Crippen LogP contribution in [0.15, 0.2) is 35.1 Å². The highest BCUT2D eigenvalue weighted by Gasteiger charge is 2.18. The first-order chi connectivity index (χ1) is 10.9. The Balaban J connectivity index is 2.64. The number of aromatic nitrogens is 1. The summed E-state index contributed by atoms with van der Waals surface area (Å²) in [7, 11) is 1.37. The van der Waals surface area contributed by atoms with Gasteiger partial charge in [-0.15, -0.1) is 0 Å². The fourth-order valence-corrected chi connectivity index (χ4v) is 2.91. The summed E-state index contributed by atoms with van der Waals surface area (Å²) in [6, 6.07) is 6.63. The number of nitrogens with zero attached hydrogens (tertiary/aromatic N) is 1. The molecule has 7 heteroatoms. The Morgan fingerprint density at radius 3 is 2.65 bits per heavy atom. The standard InChI is InChI=1S/C16H11ClFNO4/c1-23-16-11(17)5-4-10-14(16)19(7-13(20)21)12-6-8(18)2-3-9(12)15(10)22/h2-6H,7H2,1H3,(H,20,21). The maximum atomic E-state index is 13.6. The first kappa shape index (κ1) is 15.3. The zero-order valence-corrected chi connectivity index (χ0v) is 12.7. The average Bonchev–Trinajstić information content (AvgIpc) is 2.50. The van der Waals surface area contributed by atoms with Crippen LogP contribution in [0.3, 0.4) is 0 Å². The number of rotatable bonds is 3. The second kappa shape index (κ2) is 5.55. The van der Waals surface area contributed by atoms with Gasteiger partial charge in [0.25, 0.3) is 0 Å². The van der Waals surface area contributed by atoms with Gasteiger partial charge >= 0.3 is 5.97 Å². The van der Waals surface area contributed by atoms with Crippen molar-refractivity contribution in [1.82, 2.24) is 4.57 Å². The predicted molar refractivity (Wildman–Crippen MR) is 84.9 cm³/mol. The second-order valence-corrected chi connectivity index (χ2v) is 5.35. The van der Waals surface area contributed by atoms with E-state index in [9.17, 15) is 19.1 Å². The molecule has 0 saturated heterocycles. The third-order valence-corrected chi connectivity index (χ3v) is 3.89. The molecule has 0 fully saturated rings. The molecule has 118 valence electrons. The van der Waals surface area contributed by atoms with Gasteiger partial charge in [0.1, 0.15) is 12.4 Å². The Bertz CT molecular complexity index is 1010. The molecular weight excluding hydrogens is 325 g/mol. The lowest BCUT2D eigenvalue weighted by molar-refractivity contribution is -0.137. The van der Waals surface area contributed by atoms with Gasteiger partial charge in [-0.3, -0.25) is 9.59 Å². The molecule has 0 bridgehead atoms. The number of carbonyl (C=O) groups is 1. The number of pyridine rings is 1. The zero-order chi connectivity index (χ0) is 16.7. The minimum Gasteiger partial charge on any atom is -0.493 e. The number of carboxylic acids is 1. The van der Waals surface area contributed by atoms with Gasteiger partial charge in [-0.05, 0) is 30.3 Å².